The summed E-state index contributed by atoms with van der Waals surface area (Å²) in [6.45, 7) is -1.49. The van der Waals surface area contributed by atoms with E-state index in [0.717, 1.165) is 6.07 Å². The van der Waals surface area contributed by atoms with Gasteiger partial charge in [0.2, 0.25) is 0 Å². The molecule has 5 nitrogen and oxygen atoms in total. The summed E-state index contributed by atoms with van der Waals surface area (Å²) >= 11 is 0. The number of H-pyrrole nitrogens is 1. The molecule has 2 N–H and O–H groups in total. The molecule has 2 aromatic rings. The van der Waals surface area contributed by atoms with Crippen molar-refractivity contribution < 1.29 is 18.0 Å². The van der Waals surface area contributed by atoms with E-state index in [4.69, 9.17) is 0 Å². The summed E-state index contributed by atoms with van der Waals surface area (Å²) in [5.41, 5.74) is -0.318. The van der Waals surface area contributed by atoms with Gasteiger partial charge in [-0.2, -0.15) is 13.2 Å². The zero-order valence-corrected chi connectivity index (χ0v) is 10.6. The molecule has 8 heteroatoms. The maximum absolute atomic E-state index is 12.0. The van der Waals surface area contributed by atoms with Crippen molar-refractivity contribution in [1.82, 2.24) is 15.3 Å². The molecule has 2 heterocycles. The number of pyridine rings is 2. The van der Waals surface area contributed by atoms with Crippen LogP contribution in [0.5, 0.6) is 0 Å². The van der Waals surface area contributed by atoms with Crippen LogP contribution in [-0.4, -0.2) is 28.6 Å². The summed E-state index contributed by atoms with van der Waals surface area (Å²) < 4.78 is 36.0. The van der Waals surface area contributed by atoms with Gasteiger partial charge in [-0.05, 0) is 24.3 Å². The van der Waals surface area contributed by atoms with Gasteiger partial charge in [-0.3, -0.25) is 14.6 Å². The summed E-state index contributed by atoms with van der Waals surface area (Å²) in [6.07, 6.45) is -3.01. The fourth-order valence-corrected chi connectivity index (χ4v) is 1.60. The number of rotatable bonds is 3. The molecule has 21 heavy (non-hydrogen) atoms. The number of alkyl halides is 3. The number of nitrogens with one attached hydrogen (secondary N) is 2. The number of carbonyl (C=O) groups excluding carboxylic acids is 1. The van der Waals surface area contributed by atoms with Crippen molar-refractivity contribution in [3.8, 4) is 11.4 Å². The second-order valence-electron chi connectivity index (χ2n) is 4.13. The largest absolute Gasteiger partial charge is 0.405 e. The molecule has 0 spiro atoms. The molecular formula is C13H10F3N3O2. The molecule has 0 aromatic carbocycles. The van der Waals surface area contributed by atoms with E-state index in [1.807, 2.05) is 0 Å². The smallest absolute Gasteiger partial charge is 0.343 e. The van der Waals surface area contributed by atoms with Gasteiger partial charge < -0.3 is 10.3 Å². The lowest BCUT2D eigenvalue weighted by Gasteiger charge is -2.08. The second-order valence-corrected chi connectivity index (χ2v) is 4.13. The molecule has 110 valence electrons. The monoisotopic (exact) mass is 297 g/mol. The minimum Gasteiger partial charge on any atom is -0.343 e. The lowest BCUT2D eigenvalue weighted by molar-refractivity contribution is -0.123. The minimum atomic E-state index is -4.53. The first-order valence-electron chi connectivity index (χ1n) is 5.86. The third kappa shape index (κ3) is 3.91. The first kappa shape index (κ1) is 14.8. The highest BCUT2D eigenvalue weighted by molar-refractivity contribution is 5.94. The SMILES string of the molecule is O=C(NCC(F)(F)F)c1ccc(-c2ccccn2)[nH]c1=O. The number of carbonyl (C=O) groups is 1. The highest BCUT2D eigenvalue weighted by Gasteiger charge is 2.28. The Morgan fingerprint density at radius 1 is 1.24 bits per heavy atom. The number of nitrogens with zero attached hydrogens (tertiary/aromatic N) is 1. The highest BCUT2D eigenvalue weighted by atomic mass is 19.4. The van der Waals surface area contributed by atoms with Crippen LogP contribution in [0.1, 0.15) is 10.4 Å². The van der Waals surface area contributed by atoms with Crippen LogP contribution in [0.25, 0.3) is 11.4 Å². The Morgan fingerprint density at radius 2 is 2.00 bits per heavy atom. The number of hydrogen-bond donors (Lipinski definition) is 2. The van der Waals surface area contributed by atoms with Crippen LogP contribution in [0.2, 0.25) is 0 Å². The molecule has 0 aliphatic carbocycles. The lowest BCUT2D eigenvalue weighted by atomic mass is 10.2. The Morgan fingerprint density at radius 3 is 2.57 bits per heavy atom. The van der Waals surface area contributed by atoms with Gasteiger partial charge >= 0.3 is 6.18 Å². The van der Waals surface area contributed by atoms with E-state index >= 15 is 0 Å². The van der Waals surface area contributed by atoms with Crippen molar-refractivity contribution in [2.75, 3.05) is 6.54 Å². The third-order valence-corrected chi connectivity index (χ3v) is 2.54. The molecule has 0 radical (unpaired) electrons. The van der Waals surface area contributed by atoms with E-state index < -0.39 is 24.2 Å². The van der Waals surface area contributed by atoms with Crippen LogP contribution >= 0.6 is 0 Å². The van der Waals surface area contributed by atoms with Crippen LogP contribution in [0.3, 0.4) is 0 Å². The Hall–Kier alpha value is -2.64. The average Bonchev–Trinajstić information content (AvgIpc) is 2.45. The van der Waals surface area contributed by atoms with Crippen molar-refractivity contribution in [1.29, 1.82) is 0 Å². The molecular weight excluding hydrogens is 287 g/mol. The Bertz CT molecular complexity index is 696. The quantitative estimate of drug-likeness (QED) is 0.906. The predicted molar refractivity (Wildman–Crippen MR) is 68.7 cm³/mol. The van der Waals surface area contributed by atoms with Crippen molar-refractivity contribution in [3.05, 3.63) is 52.4 Å². The van der Waals surface area contributed by atoms with Crippen molar-refractivity contribution >= 4 is 5.91 Å². The fraction of sp³-hybridized carbons (Fsp3) is 0.154. The van der Waals surface area contributed by atoms with E-state index in [1.165, 1.54) is 12.3 Å². The molecule has 2 rings (SSSR count). The molecule has 0 saturated carbocycles. The number of hydrogen-bond acceptors (Lipinski definition) is 3. The van der Waals surface area contributed by atoms with Gasteiger partial charge in [0.1, 0.15) is 12.1 Å². The molecule has 0 unspecified atom stereocenters. The summed E-state index contributed by atoms with van der Waals surface area (Å²) in [5.74, 6) is -1.08. The fourth-order valence-electron chi connectivity index (χ4n) is 1.60. The first-order valence-corrected chi connectivity index (χ1v) is 5.86. The Kier molecular flexibility index (Phi) is 4.06. The topological polar surface area (TPSA) is 74.8 Å². The van der Waals surface area contributed by atoms with Gasteiger partial charge in [0.15, 0.2) is 0 Å². The molecule has 0 aliphatic rings. The van der Waals surface area contributed by atoms with Crippen molar-refractivity contribution in [2.24, 2.45) is 0 Å². The standard InChI is InChI=1S/C13H10F3N3O2/c14-13(15,16)7-18-11(20)8-4-5-10(19-12(8)21)9-3-1-2-6-17-9/h1-6H,7H2,(H,18,20)(H,19,21). The van der Waals surface area contributed by atoms with Gasteiger partial charge in [-0.15, -0.1) is 0 Å². The van der Waals surface area contributed by atoms with Crippen molar-refractivity contribution in [3.63, 3.8) is 0 Å². The van der Waals surface area contributed by atoms with Gasteiger partial charge in [-0.25, -0.2) is 0 Å². The molecule has 0 bridgehead atoms. The van der Waals surface area contributed by atoms with E-state index in [1.54, 1.807) is 23.5 Å². The third-order valence-electron chi connectivity index (χ3n) is 2.54. The maximum atomic E-state index is 12.0. The van der Waals surface area contributed by atoms with E-state index in [-0.39, 0.29) is 5.56 Å². The Balaban J connectivity index is 2.20. The van der Waals surface area contributed by atoms with Gasteiger partial charge in [0.25, 0.3) is 11.5 Å². The summed E-state index contributed by atoms with van der Waals surface area (Å²) in [4.78, 5) is 29.7. The minimum absolute atomic E-state index is 0.368. The molecule has 0 saturated heterocycles. The summed E-state index contributed by atoms with van der Waals surface area (Å²) in [5, 5.41) is 1.64. The number of halogens is 3. The van der Waals surface area contributed by atoms with Gasteiger partial charge in [-0.1, -0.05) is 6.07 Å². The van der Waals surface area contributed by atoms with E-state index in [9.17, 15) is 22.8 Å². The average molecular weight is 297 g/mol. The second kappa shape index (κ2) is 5.78. The van der Waals surface area contributed by atoms with Crippen molar-refractivity contribution in [2.45, 2.75) is 6.18 Å². The normalized spacial score (nSPS) is 11.2. The summed E-state index contributed by atoms with van der Waals surface area (Å²) in [6, 6.07) is 7.63. The predicted octanol–water partition coefficient (Wildman–Crippen LogP) is 1.73. The number of aromatic amines is 1. The zero-order chi connectivity index (χ0) is 15.5. The van der Waals surface area contributed by atoms with E-state index in [2.05, 4.69) is 9.97 Å². The van der Waals surface area contributed by atoms with Crippen LogP contribution in [0.15, 0.2) is 41.3 Å². The van der Waals surface area contributed by atoms with Crippen LogP contribution in [0.4, 0.5) is 13.2 Å². The Labute approximate surface area is 116 Å². The van der Waals surface area contributed by atoms with Gasteiger partial charge in [0, 0.05) is 6.20 Å². The first-order chi connectivity index (χ1) is 9.87. The summed E-state index contributed by atoms with van der Waals surface area (Å²) in [7, 11) is 0. The molecule has 1 amide bonds. The molecule has 0 fully saturated rings. The lowest BCUT2D eigenvalue weighted by Crippen LogP contribution is -2.36. The van der Waals surface area contributed by atoms with Gasteiger partial charge in [0.05, 0.1) is 11.4 Å². The number of aromatic nitrogens is 2. The van der Waals surface area contributed by atoms with E-state index in [0.29, 0.717) is 11.4 Å². The highest BCUT2D eigenvalue weighted by Crippen LogP contribution is 2.13. The zero-order valence-electron chi connectivity index (χ0n) is 10.6. The number of amides is 1. The van der Waals surface area contributed by atoms with Crippen LogP contribution in [-0.2, 0) is 0 Å². The maximum Gasteiger partial charge on any atom is 0.405 e. The molecule has 0 aliphatic heterocycles. The van der Waals surface area contributed by atoms with Crippen LogP contribution in [0, 0.1) is 0 Å². The molecule has 0 atom stereocenters. The molecule has 2 aromatic heterocycles. The van der Waals surface area contributed by atoms with Crippen LogP contribution < -0.4 is 10.9 Å².